The molecular formula is C8H13IN2. The maximum absolute atomic E-state index is 4.43. The van der Waals surface area contributed by atoms with E-state index >= 15 is 0 Å². The molecule has 62 valence electrons. The highest BCUT2D eigenvalue weighted by Gasteiger charge is 2.02. The molecule has 2 nitrogen and oxygen atoms in total. The lowest BCUT2D eigenvalue weighted by Crippen LogP contribution is -2.00. The van der Waals surface area contributed by atoms with Crippen molar-refractivity contribution in [1.82, 2.24) is 9.78 Å². The van der Waals surface area contributed by atoms with Crippen molar-refractivity contribution in [2.45, 2.75) is 31.2 Å². The molecule has 0 aromatic carbocycles. The van der Waals surface area contributed by atoms with E-state index in [1.54, 1.807) is 0 Å². The molecule has 11 heavy (non-hydrogen) atoms. The fourth-order valence-electron chi connectivity index (χ4n) is 1.07. The van der Waals surface area contributed by atoms with Crippen LogP contribution in [0.4, 0.5) is 0 Å². The molecule has 1 rings (SSSR count). The molecule has 0 unspecified atom stereocenters. The van der Waals surface area contributed by atoms with E-state index < -0.39 is 0 Å². The van der Waals surface area contributed by atoms with E-state index in [1.807, 2.05) is 0 Å². The summed E-state index contributed by atoms with van der Waals surface area (Å²) in [5.41, 5.74) is 2.54. The van der Waals surface area contributed by atoms with Crippen LogP contribution < -0.4 is 0 Å². The molecule has 0 aliphatic rings. The second-order valence-electron chi connectivity index (χ2n) is 2.43. The van der Waals surface area contributed by atoms with Crippen LogP contribution in [0, 0.1) is 0 Å². The quantitative estimate of drug-likeness (QED) is 0.605. The van der Waals surface area contributed by atoms with Crippen LogP contribution in [-0.2, 0) is 17.4 Å². The Labute approximate surface area is 81.1 Å². The summed E-state index contributed by atoms with van der Waals surface area (Å²) in [6, 6.07) is 2.19. The molecular weight excluding hydrogens is 251 g/mol. The van der Waals surface area contributed by atoms with Gasteiger partial charge in [0, 0.05) is 16.7 Å². The Morgan fingerprint density at radius 2 is 2.27 bits per heavy atom. The molecule has 0 radical (unpaired) electrons. The molecule has 0 aliphatic heterocycles. The van der Waals surface area contributed by atoms with Crippen LogP contribution in [0.1, 0.15) is 25.2 Å². The second kappa shape index (κ2) is 4.09. The molecule has 0 fully saturated rings. The lowest BCUT2D eigenvalue weighted by molar-refractivity contribution is 0.629. The Hall–Kier alpha value is -0.0600. The summed E-state index contributed by atoms with van der Waals surface area (Å²) in [4.78, 5) is 0. The second-order valence-corrected chi connectivity index (χ2v) is 3.19. The summed E-state index contributed by atoms with van der Waals surface area (Å²) in [5, 5.41) is 4.43. The van der Waals surface area contributed by atoms with Gasteiger partial charge in [-0.1, -0.05) is 29.5 Å². The maximum Gasteiger partial charge on any atom is 0.0625 e. The van der Waals surface area contributed by atoms with Gasteiger partial charge in [0.25, 0.3) is 0 Å². The monoisotopic (exact) mass is 264 g/mol. The minimum atomic E-state index is 0.984. The number of halogens is 1. The van der Waals surface area contributed by atoms with E-state index in [4.69, 9.17) is 0 Å². The van der Waals surface area contributed by atoms with E-state index in [1.165, 1.54) is 11.4 Å². The predicted octanol–water partition coefficient (Wildman–Crippen LogP) is 2.40. The zero-order valence-electron chi connectivity index (χ0n) is 6.97. The summed E-state index contributed by atoms with van der Waals surface area (Å²) >= 11 is 2.37. The van der Waals surface area contributed by atoms with Gasteiger partial charge in [0.15, 0.2) is 0 Å². The molecule has 0 bridgehead atoms. The third-order valence-corrected chi connectivity index (χ3v) is 2.49. The van der Waals surface area contributed by atoms with Gasteiger partial charge in [0.1, 0.15) is 0 Å². The average molecular weight is 264 g/mol. The summed E-state index contributed by atoms with van der Waals surface area (Å²) in [7, 11) is 0. The first-order valence-electron chi connectivity index (χ1n) is 3.93. The molecule has 0 N–H and O–H groups in total. The lowest BCUT2D eigenvalue weighted by atomic mass is 10.3. The van der Waals surface area contributed by atoms with Crippen LogP contribution in [0.3, 0.4) is 0 Å². The minimum absolute atomic E-state index is 0.984. The normalized spacial score (nSPS) is 10.5. The Morgan fingerprint density at radius 1 is 1.55 bits per heavy atom. The van der Waals surface area contributed by atoms with Crippen LogP contribution in [0.25, 0.3) is 0 Å². The molecule has 1 heterocycles. The highest BCUT2D eigenvalue weighted by atomic mass is 127. The van der Waals surface area contributed by atoms with Gasteiger partial charge in [-0.05, 0) is 19.4 Å². The maximum atomic E-state index is 4.43. The largest absolute Gasteiger partial charge is 0.269 e. The van der Waals surface area contributed by atoms with Gasteiger partial charge >= 0.3 is 0 Å². The highest BCUT2D eigenvalue weighted by molar-refractivity contribution is 14.1. The van der Waals surface area contributed by atoms with Crippen molar-refractivity contribution in [2.24, 2.45) is 0 Å². The predicted molar refractivity (Wildman–Crippen MR) is 55.0 cm³/mol. The first-order chi connectivity index (χ1) is 5.31. The topological polar surface area (TPSA) is 17.8 Å². The Kier molecular flexibility index (Phi) is 3.36. The van der Waals surface area contributed by atoms with Gasteiger partial charge in [0.2, 0.25) is 0 Å². The van der Waals surface area contributed by atoms with Gasteiger partial charge in [-0.15, -0.1) is 0 Å². The molecule has 0 amide bonds. The molecule has 0 spiro atoms. The van der Waals surface area contributed by atoms with Crippen molar-refractivity contribution in [2.75, 3.05) is 0 Å². The van der Waals surface area contributed by atoms with E-state index in [0.717, 1.165) is 17.4 Å². The van der Waals surface area contributed by atoms with E-state index in [-0.39, 0.29) is 0 Å². The fraction of sp³-hybridized carbons (Fsp3) is 0.625. The molecule has 0 saturated carbocycles. The average Bonchev–Trinajstić information content (AvgIpc) is 2.46. The van der Waals surface area contributed by atoms with Crippen molar-refractivity contribution < 1.29 is 0 Å². The third-order valence-electron chi connectivity index (χ3n) is 1.71. The van der Waals surface area contributed by atoms with Crippen molar-refractivity contribution in [1.29, 1.82) is 0 Å². The third kappa shape index (κ3) is 1.95. The van der Waals surface area contributed by atoms with Crippen LogP contribution in [0.5, 0.6) is 0 Å². The number of nitrogens with zero attached hydrogens (tertiary/aromatic N) is 2. The number of hydrogen-bond acceptors (Lipinski definition) is 1. The molecule has 0 saturated heterocycles. The van der Waals surface area contributed by atoms with Gasteiger partial charge in [0.05, 0.1) is 5.69 Å². The number of rotatable bonds is 3. The SMILES string of the molecule is CCc1cc(CI)n(CC)n1. The van der Waals surface area contributed by atoms with Crippen molar-refractivity contribution in [3.05, 3.63) is 17.5 Å². The van der Waals surface area contributed by atoms with E-state index in [2.05, 4.69) is 52.3 Å². The van der Waals surface area contributed by atoms with Crippen LogP contribution in [0.2, 0.25) is 0 Å². The number of aryl methyl sites for hydroxylation is 2. The molecule has 1 aromatic heterocycles. The molecule has 3 heteroatoms. The molecule has 1 aromatic rings. The molecule has 0 aliphatic carbocycles. The summed E-state index contributed by atoms with van der Waals surface area (Å²) in [5.74, 6) is 0. The van der Waals surface area contributed by atoms with Gasteiger partial charge in [-0.25, -0.2) is 0 Å². The summed E-state index contributed by atoms with van der Waals surface area (Å²) in [6.07, 6.45) is 1.04. The van der Waals surface area contributed by atoms with Crippen LogP contribution in [0.15, 0.2) is 6.07 Å². The zero-order valence-corrected chi connectivity index (χ0v) is 9.13. The Bertz CT molecular complexity index is 208. The standard InChI is InChI=1S/C8H13IN2/c1-3-7-5-8(6-9)11(4-2)10-7/h5H,3-4,6H2,1-2H3. The van der Waals surface area contributed by atoms with Crippen molar-refractivity contribution in [3.8, 4) is 0 Å². The minimum Gasteiger partial charge on any atom is -0.269 e. The number of hydrogen-bond donors (Lipinski definition) is 0. The first-order valence-corrected chi connectivity index (χ1v) is 5.45. The number of aromatic nitrogens is 2. The summed E-state index contributed by atoms with van der Waals surface area (Å²) in [6.45, 7) is 5.25. The van der Waals surface area contributed by atoms with Crippen LogP contribution >= 0.6 is 22.6 Å². The van der Waals surface area contributed by atoms with E-state index in [9.17, 15) is 0 Å². The fourth-order valence-corrected chi connectivity index (χ4v) is 1.68. The molecule has 0 atom stereocenters. The highest BCUT2D eigenvalue weighted by Crippen LogP contribution is 2.09. The van der Waals surface area contributed by atoms with Gasteiger partial charge < -0.3 is 0 Å². The zero-order chi connectivity index (χ0) is 8.27. The van der Waals surface area contributed by atoms with Gasteiger partial charge in [-0.3, -0.25) is 4.68 Å². The number of alkyl halides is 1. The van der Waals surface area contributed by atoms with Crippen molar-refractivity contribution >= 4 is 22.6 Å². The Balaban J connectivity index is 2.92. The first kappa shape index (κ1) is 9.03. The smallest absolute Gasteiger partial charge is 0.0625 e. The summed E-state index contributed by atoms with van der Waals surface area (Å²) < 4.78 is 3.13. The van der Waals surface area contributed by atoms with Crippen molar-refractivity contribution in [3.63, 3.8) is 0 Å². The van der Waals surface area contributed by atoms with Crippen LogP contribution in [-0.4, -0.2) is 9.78 Å². The van der Waals surface area contributed by atoms with Gasteiger partial charge in [-0.2, -0.15) is 5.10 Å². The van der Waals surface area contributed by atoms with E-state index in [0.29, 0.717) is 0 Å². The lowest BCUT2D eigenvalue weighted by Gasteiger charge is -1.98. The Morgan fingerprint density at radius 3 is 2.64 bits per heavy atom.